The smallest absolute Gasteiger partial charge is 0.282 e. The highest BCUT2D eigenvalue weighted by Crippen LogP contribution is 2.16. The van der Waals surface area contributed by atoms with Crippen LogP contribution in [0.15, 0.2) is 33.0 Å². The van der Waals surface area contributed by atoms with Gasteiger partial charge in [0, 0.05) is 18.5 Å². The molecule has 4 nitrogen and oxygen atoms in total. The largest absolute Gasteiger partial charge is 0.382 e. The summed E-state index contributed by atoms with van der Waals surface area (Å²) in [4.78, 5) is 12.9. The van der Waals surface area contributed by atoms with E-state index in [0.29, 0.717) is 4.47 Å². The van der Waals surface area contributed by atoms with Crippen LogP contribution in [0.25, 0.3) is 0 Å². The summed E-state index contributed by atoms with van der Waals surface area (Å²) < 4.78 is 1.83. The van der Waals surface area contributed by atoms with Crippen LogP contribution < -0.4 is 10.9 Å². The van der Waals surface area contributed by atoms with E-state index < -0.39 is 0 Å². The topological polar surface area (TPSA) is 46.9 Å². The highest BCUT2D eigenvalue weighted by atomic mass is 79.9. The molecule has 2 heterocycles. The first-order valence-corrected chi connectivity index (χ1v) is 6.84. The number of nitrogens with zero attached hydrogens (tertiary/aromatic N) is 2. The lowest BCUT2D eigenvalue weighted by atomic mass is 10.3. The monoisotopic (exact) mass is 313 g/mol. The molecule has 0 bridgehead atoms. The third kappa shape index (κ3) is 2.95. The standard InChI is InChI=1S/C11H12BrN3OS/c1-15-11(16)10(12)9(7-14-15)13-5-4-8-3-2-6-17-8/h2-3,6-7,13H,4-5H2,1H3. The van der Waals surface area contributed by atoms with Gasteiger partial charge >= 0.3 is 0 Å². The predicted molar refractivity (Wildman–Crippen MR) is 73.7 cm³/mol. The summed E-state index contributed by atoms with van der Waals surface area (Å²) in [5.41, 5.74) is 0.607. The van der Waals surface area contributed by atoms with Gasteiger partial charge in [0.25, 0.3) is 5.56 Å². The van der Waals surface area contributed by atoms with E-state index in [9.17, 15) is 4.79 Å². The van der Waals surface area contributed by atoms with E-state index in [2.05, 4.69) is 37.8 Å². The van der Waals surface area contributed by atoms with Crippen LogP contribution in [0, 0.1) is 0 Å². The van der Waals surface area contributed by atoms with Gasteiger partial charge in [-0.25, -0.2) is 4.68 Å². The molecule has 0 radical (unpaired) electrons. The van der Waals surface area contributed by atoms with Gasteiger partial charge in [-0.3, -0.25) is 4.79 Å². The Morgan fingerprint density at radius 2 is 2.41 bits per heavy atom. The molecule has 2 aromatic rings. The molecule has 0 fully saturated rings. The molecular weight excluding hydrogens is 302 g/mol. The van der Waals surface area contributed by atoms with Gasteiger partial charge in [-0.1, -0.05) is 6.07 Å². The zero-order chi connectivity index (χ0) is 12.3. The van der Waals surface area contributed by atoms with Gasteiger partial charge in [0.15, 0.2) is 0 Å². The number of nitrogens with one attached hydrogen (secondary N) is 1. The maximum Gasteiger partial charge on any atom is 0.282 e. The van der Waals surface area contributed by atoms with E-state index >= 15 is 0 Å². The lowest BCUT2D eigenvalue weighted by Crippen LogP contribution is -2.21. The Hall–Kier alpha value is -1.14. The van der Waals surface area contributed by atoms with Gasteiger partial charge in [-0.15, -0.1) is 11.3 Å². The molecule has 0 saturated carbocycles. The van der Waals surface area contributed by atoms with Crippen LogP contribution in [-0.2, 0) is 13.5 Å². The van der Waals surface area contributed by atoms with E-state index in [0.717, 1.165) is 18.7 Å². The fourth-order valence-electron chi connectivity index (χ4n) is 1.41. The number of hydrogen-bond donors (Lipinski definition) is 1. The summed E-state index contributed by atoms with van der Waals surface area (Å²) in [6.45, 7) is 0.786. The molecule has 1 N–H and O–H groups in total. The number of thiophene rings is 1. The molecule has 0 aliphatic rings. The lowest BCUT2D eigenvalue weighted by molar-refractivity contribution is 0.703. The molecule has 17 heavy (non-hydrogen) atoms. The van der Waals surface area contributed by atoms with Crippen molar-refractivity contribution in [1.82, 2.24) is 9.78 Å². The number of aryl methyl sites for hydroxylation is 1. The van der Waals surface area contributed by atoms with Gasteiger partial charge in [0.05, 0.1) is 11.9 Å². The summed E-state index contributed by atoms with van der Waals surface area (Å²) in [6, 6.07) is 4.14. The van der Waals surface area contributed by atoms with Gasteiger partial charge in [0.2, 0.25) is 0 Å². The Bertz CT molecular complexity index is 550. The zero-order valence-electron chi connectivity index (χ0n) is 9.31. The number of anilines is 1. The fourth-order valence-corrected chi connectivity index (χ4v) is 2.62. The van der Waals surface area contributed by atoms with Gasteiger partial charge in [-0.05, 0) is 33.8 Å². The highest BCUT2D eigenvalue weighted by molar-refractivity contribution is 9.10. The quantitative estimate of drug-likeness (QED) is 0.942. The van der Waals surface area contributed by atoms with Crippen molar-refractivity contribution in [3.8, 4) is 0 Å². The van der Waals surface area contributed by atoms with Crippen LogP contribution in [0.1, 0.15) is 4.88 Å². The summed E-state index contributed by atoms with van der Waals surface area (Å²) in [7, 11) is 1.63. The molecule has 0 amide bonds. The molecule has 0 aromatic carbocycles. The van der Waals surface area contributed by atoms with E-state index in [1.165, 1.54) is 9.56 Å². The Morgan fingerprint density at radius 1 is 1.59 bits per heavy atom. The summed E-state index contributed by atoms with van der Waals surface area (Å²) in [5, 5.41) is 9.23. The molecule has 0 saturated heterocycles. The molecule has 0 aliphatic carbocycles. The Kier molecular flexibility index (Phi) is 3.96. The van der Waals surface area contributed by atoms with Crippen LogP contribution in [0.2, 0.25) is 0 Å². The number of hydrogen-bond acceptors (Lipinski definition) is 4. The molecule has 0 unspecified atom stereocenters. The molecule has 90 valence electrons. The third-order valence-electron chi connectivity index (χ3n) is 2.35. The number of aromatic nitrogens is 2. The minimum Gasteiger partial charge on any atom is -0.382 e. The van der Waals surface area contributed by atoms with Crippen molar-refractivity contribution >= 4 is 33.0 Å². The summed E-state index contributed by atoms with van der Waals surface area (Å²) in [6.07, 6.45) is 2.60. The van der Waals surface area contributed by atoms with Crippen molar-refractivity contribution in [3.63, 3.8) is 0 Å². The van der Waals surface area contributed by atoms with Gasteiger partial charge in [-0.2, -0.15) is 5.10 Å². The number of halogens is 1. The average molecular weight is 314 g/mol. The van der Waals surface area contributed by atoms with E-state index in [1.807, 2.05) is 6.07 Å². The number of rotatable bonds is 4. The normalized spacial score (nSPS) is 10.5. The first-order chi connectivity index (χ1) is 8.18. The van der Waals surface area contributed by atoms with Crippen molar-refractivity contribution in [3.05, 3.63) is 43.4 Å². The second-order valence-corrected chi connectivity index (χ2v) is 5.38. The fraction of sp³-hybridized carbons (Fsp3) is 0.273. The van der Waals surface area contributed by atoms with Crippen molar-refractivity contribution in [2.75, 3.05) is 11.9 Å². The summed E-state index contributed by atoms with van der Waals surface area (Å²) in [5.74, 6) is 0. The molecule has 6 heteroatoms. The molecular formula is C11H12BrN3OS. The maximum absolute atomic E-state index is 11.6. The lowest BCUT2D eigenvalue weighted by Gasteiger charge is -2.07. The molecule has 2 aromatic heterocycles. The summed E-state index contributed by atoms with van der Waals surface area (Å²) >= 11 is 5.01. The first kappa shape index (κ1) is 12.3. The SMILES string of the molecule is Cn1ncc(NCCc2cccs2)c(Br)c1=O. The van der Waals surface area contributed by atoms with Crippen LogP contribution in [-0.4, -0.2) is 16.3 Å². The molecule has 0 spiro atoms. The van der Waals surface area contributed by atoms with E-state index in [4.69, 9.17) is 0 Å². The van der Waals surface area contributed by atoms with E-state index in [1.54, 1.807) is 24.6 Å². The van der Waals surface area contributed by atoms with Crippen LogP contribution in [0.4, 0.5) is 5.69 Å². The third-order valence-corrected chi connectivity index (χ3v) is 4.05. The average Bonchev–Trinajstić information content (AvgIpc) is 2.82. The Balaban J connectivity index is 2.00. The van der Waals surface area contributed by atoms with Gasteiger partial charge in [0.1, 0.15) is 4.47 Å². The van der Waals surface area contributed by atoms with Crippen LogP contribution in [0.5, 0.6) is 0 Å². The molecule has 0 atom stereocenters. The predicted octanol–water partition coefficient (Wildman–Crippen LogP) is 2.26. The minimum absolute atomic E-state index is 0.133. The zero-order valence-corrected chi connectivity index (χ0v) is 11.7. The van der Waals surface area contributed by atoms with Crippen molar-refractivity contribution in [2.45, 2.75) is 6.42 Å². The molecule has 0 aliphatic heterocycles. The minimum atomic E-state index is -0.133. The first-order valence-electron chi connectivity index (χ1n) is 5.16. The van der Waals surface area contributed by atoms with Crippen molar-refractivity contribution < 1.29 is 0 Å². The van der Waals surface area contributed by atoms with E-state index in [-0.39, 0.29) is 5.56 Å². The second kappa shape index (κ2) is 5.46. The Labute approximate surface area is 111 Å². The van der Waals surface area contributed by atoms with Gasteiger partial charge < -0.3 is 5.32 Å². The van der Waals surface area contributed by atoms with Crippen molar-refractivity contribution in [1.29, 1.82) is 0 Å². The second-order valence-electron chi connectivity index (χ2n) is 3.56. The highest BCUT2D eigenvalue weighted by Gasteiger charge is 2.05. The molecule has 2 rings (SSSR count). The van der Waals surface area contributed by atoms with Crippen LogP contribution >= 0.6 is 27.3 Å². The van der Waals surface area contributed by atoms with Crippen molar-refractivity contribution in [2.24, 2.45) is 7.05 Å². The van der Waals surface area contributed by atoms with Crippen LogP contribution in [0.3, 0.4) is 0 Å². The maximum atomic E-state index is 11.6. The Morgan fingerprint density at radius 3 is 3.12 bits per heavy atom.